The number of nitrogens with one attached hydrogen (secondary N) is 1. The molecule has 1 aromatic heterocycles. The Labute approximate surface area is 155 Å². The molecule has 2 aromatic rings. The van der Waals surface area contributed by atoms with Gasteiger partial charge in [0.2, 0.25) is 15.8 Å². The van der Waals surface area contributed by atoms with Crippen molar-refractivity contribution in [3.63, 3.8) is 0 Å². The smallest absolute Gasteiger partial charge is 0.374 e. The molecule has 0 saturated carbocycles. The molecule has 0 atom stereocenters. The summed E-state index contributed by atoms with van der Waals surface area (Å²) in [5.41, 5.74) is 0.352. The second-order valence-electron chi connectivity index (χ2n) is 5.03. The lowest BCUT2D eigenvalue weighted by atomic mass is 10.2. The highest BCUT2D eigenvalue weighted by Crippen LogP contribution is 2.15. The van der Waals surface area contributed by atoms with Gasteiger partial charge in [0.25, 0.3) is 0 Å². The number of benzene rings is 1. The molecular weight excluding hydrogens is 386 g/mol. The molecule has 26 heavy (non-hydrogen) atoms. The van der Waals surface area contributed by atoms with Crippen LogP contribution in [-0.2, 0) is 30.9 Å². The zero-order chi connectivity index (χ0) is 19.2. The van der Waals surface area contributed by atoms with E-state index in [4.69, 9.17) is 20.8 Å². The zero-order valence-corrected chi connectivity index (χ0v) is 15.3. The normalized spacial score (nSPS) is 11.2. The number of carbonyl (C=O) groups is 2. The Hall–Kier alpha value is -2.36. The largest absolute Gasteiger partial charge is 0.463 e. The van der Waals surface area contributed by atoms with Crippen molar-refractivity contribution < 1.29 is 31.9 Å². The van der Waals surface area contributed by atoms with Crippen molar-refractivity contribution in [2.45, 2.75) is 17.9 Å². The first-order chi connectivity index (χ1) is 12.3. The number of hydrogen-bond donors (Lipinski definition) is 1. The Balaban J connectivity index is 1.82. The van der Waals surface area contributed by atoms with Crippen molar-refractivity contribution in [3.8, 4) is 0 Å². The topological polar surface area (TPSA) is 112 Å². The van der Waals surface area contributed by atoms with E-state index in [-0.39, 0.29) is 35.3 Å². The molecule has 2 rings (SSSR count). The third-order valence-corrected chi connectivity index (χ3v) is 4.93. The van der Waals surface area contributed by atoms with Gasteiger partial charge >= 0.3 is 11.9 Å². The molecule has 1 heterocycles. The number of furan rings is 1. The van der Waals surface area contributed by atoms with Crippen LogP contribution in [0.1, 0.15) is 22.5 Å². The maximum absolute atomic E-state index is 12.1. The SMILES string of the molecule is COC(=O)c1occc1COC(=O)CCNS(=O)(=O)c1cccc(Cl)c1. The molecular formula is C16H16ClNO7S. The van der Waals surface area contributed by atoms with Crippen LogP contribution in [0.25, 0.3) is 0 Å². The lowest BCUT2D eigenvalue weighted by molar-refractivity contribution is -0.144. The molecule has 0 radical (unpaired) electrons. The molecule has 0 bridgehead atoms. The zero-order valence-electron chi connectivity index (χ0n) is 13.7. The van der Waals surface area contributed by atoms with Gasteiger partial charge in [0.05, 0.1) is 24.7 Å². The molecule has 8 nitrogen and oxygen atoms in total. The summed E-state index contributed by atoms with van der Waals surface area (Å²) < 4.78 is 40.9. The van der Waals surface area contributed by atoms with E-state index in [1.165, 1.54) is 37.6 Å². The quantitative estimate of drug-likeness (QED) is 0.674. The van der Waals surface area contributed by atoms with Gasteiger partial charge in [-0.15, -0.1) is 0 Å². The van der Waals surface area contributed by atoms with E-state index in [1.807, 2.05) is 0 Å². The van der Waals surface area contributed by atoms with E-state index in [1.54, 1.807) is 6.07 Å². The fourth-order valence-corrected chi connectivity index (χ4v) is 3.29. The maximum atomic E-state index is 12.1. The maximum Gasteiger partial charge on any atom is 0.374 e. The Kier molecular flexibility index (Phi) is 6.78. The molecule has 1 N–H and O–H groups in total. The third-order valence-electron chi connectivity index (χ3n) is 3.23. The van der Waals surface area contributed by atoms with Crippen LogP contribution in [0.15, 0.2) is 45.9 Å². The van der Waals surface area contributed by atoms with Crippen molar-refractivity contribution in [3.05, 3.63) is 52.9 Å². The number of methoxy groups -OCH3 is 1. The van der Waals surface area contributed by atoms with Gasteiger partial charge in [0.15, 0.2) is 0 Å². The summed E-state index contributed by atoms with van der Waals surface area (Å²) in [7, 11) is -2.58. The van der Waals surface area contributed by atoms with E-state index < -0.39 is 22.0 Å². The molecule has 0 aliphatic heterocycles. The van der Waals surface area contributed by atoms with E-state index in [2.05, 4.69) is 9.46 Å². The number of esters is 2. The van der Waals surface area contributed by atoms with Gasteiger partial charge in [-0.3, -0.25) is 4.79 Å². The van der Waals surface area contributed by atoms with Crippen LogP contribution >= 0.6 is 11.6 Å². The van der Waals surface area contributed by atoms with E-state index in [0.29, 0.717) is 5.56 Å². The first kappa shape index (κ1) is 20.0. The minimum Gasteiger partial charge on any atom is -0.463 e. The fraction of sp³-hybridized carbons (Fsp3) is 0.250. The van der Waals surface area contributed by atoms with Gasteiger partial charge in [-0.2, -0.15) is 0 Å². The predicted molar refractivity (Wildman–Crippen MR) is 91.1 cm³/mol. The Bertz CT molecular complexity index is 892. The number of sulfonamides is 1. The summed E-state index contributed by atoms with van der Waals surface area (Å²) in [5.74, 6) is -1.38. The highest BCUT2D eigenvalue weighted by molar-refractivity contribution is 7.89. The molecule has 0 aliphatic carbocycles. The summed E-state index contributed by atoms with van der Waals surface area (Å²) in [6.45, 7) is -0.344. The Morgan fingerprint density at radius 2 is 2.04 bits per heavy atom. The summed E-state index contributed by atoms with van der Waals surface area (Å²) in [6.07, 6.45) is 1.08. The summed E-state index contributed by atoms with van der Waals surface area (Å²) in [6, 6.07) is 7.22. The lowest BCUT2D eigenvalue weighted by Gasteiger charge is -2.07. The first-order valence-electron chi connectivity index (χ1n) is 7.39. The van der Waals surface area contributed by atoms with Gasteiger partial charge in [0.1, 0.15) is 6.61 Å². The molecule has 0 aliphatic rings. The monoisotopic (exact) mass is 401 g/mol. The molecule has 0 saturated heterocycles. The molecule has 1 aromatic carbocycles. The van der Waals surface area contributed by atoms with E-state index >= 15 is 0 Å². The highest BCUT2D eigenvalue weighted by Gasteiger charge is 2.18. The number of rotatable bonds is 8. The van der Waals surface area contributed by atoms with E-state index in [9.17, 15) is 18.0 Å². The standard InChI is InChI=1S/C16H16ClNO7S/c1-23-16(20)15-11(6-8-24-15)10-25-14(19)5-7-18-26(21,22)13-4-2-3-12(17)9-13/h2-4,6,8-9,18H,5,7,10H2,1H3. The van der Waals surface area contributed by atoms with Gasteiger partial charge in [-0.1, -0.05) is 17.7 Å². The molecule has 10 heteroatoms. The van der Waals surface area contributed by atoms with Crippen LogP contribution in [-0.4, -0.2) is 34.0 Å². The number of halogens is 1. The van der Waals surface area contributed by atoms with Crippen LogP contribution < -0.4 is 4.72 Å². The van der Waals surface area contributed by atoms with Gasteiger partial charge in [-0.05, 0) is 24.3 Å². The molecule has 0 unspecified atom stereocenters. The van der Waals surface area contributed by atoms with Crippen molar-refractivity contribution in [1.82, 2.24) is 4.72 Å². The lowest BCUT2D eigenvalue weighted by Crippen LogP contribution is -2.26. The van der Waals surface area contributed by atoms with Crippen LogP contribution in [0, 0.1) is 0 Å². The number of ether oxygens (including phenoxy) is 2. The van der Waals surface area contributed by atoms with Crippen LogP contribution in [0.3, 0.4) is 0 Å². The summed E-state index contributed by atoms with van der Waals surface area (Å²) >= 11 is 5.76. The van der Waals surface area contributed by atoms with Crippen LogP contribution in [0.4, 0.5) is 0 Å². The average Bonchev–Trinajstić information content (AvgIpc) is 3.07. The fourth-order valence-electron chi connectivity index (χ4n) is 1.96. The number of carbonyl (C=O) groups excluding carboxylic acids is 2. The second kappa shape index (κ2) is 8.84. The van der Waals surface area contributed by atoms with Crippen LogP contribution in [0.2, 0.25) is 5.02 Å². The van der Waals surface area contributed by atoms with Gasteiger partial charge in [0, 0.05) is 17.1 Å². The molecule has 0 amide bonds. The molecule has 140 valence electrons. The van der Waals surface area contributed by atoms with Crippen molar-refractivity contribution >= 4 is 33.6 Å². The number of hydrogen-bond acceptors (Lipinski definition) is 7. The van der Waals surface area contributed by atoms with Crippen molar-refractivity contribution in [2.75, 3.05) is 13.7 Å². The van der Waals surface area contributed by atoms with Crippen LogP contribution in [0.5, 0.6) is 0 Å². The third kappa shape index (κ3) is 5.32. The summed E-state index contributed by atoms with van der Waals surface area (Å²) in [4.78, 5) is 23.2. The minimum absolute atomic E-state index is 0.000478. The van der Waals surface area contributed by atoms with Gasteiger partial charge in [-0.25, -0.2) is 17.9 Å². The molecule has 0 spiro atoms. The average molecular weight is 402 g/mol. The van der Waals surface area contributed by atoms with Crippen molar-refractivity contribution in [2.24, 2.45) is 0 Å². The summed E-state index contributed by atoms with van der Waals surface area (Å²) in [5, 5.41) is 0.286. The van der Waals surface area contributed by atoms with Crippen molar-refractivity contribution in [1.29, 1.82) is 0 Å². The Morgan fingerprint density at radius 1 is 1.27 bits per heavy atom. The predicted octanol–water partition coefficient (Wildman–Crippen LogP) is 2.13. The highest BCUT2D eigenvalue weighted by atomic mass is 35.5. The second-order valence-corrected chi connectivity index (χ2v) is 7.24. The molecule has 0 fully saturated rings. The minimum atomic E-state index is -3.78. The Morgan fingerprint density at radius 3 is 2.73 bits per heavy atom. The van der Waals surface area contributed by atoms with E-state index in [0.717, 1.165) is 0 Å². The first-order valence-corrected chi connectivity index (χ1v) is 9.25. The van der Waals surface area contributed by atoms with Gasteiger partial charge < -0.3 is 13.9 Å².